The van der Waals surface area contributed by atoms with Crippen molar-refractivity contribution in [2.45, 2.75) is 38.5 Å². The number of alkyl halides is 3. The highest BCUT2D eigenvalue weighted by atomic mass is 35.5. The summed E-state index contributed by atoms with van der Waals surface area (Å²) in [7, 11) is 0. The molecule has 1 rings (SSSR count). The van der Waals surface area contributed by atoms with Crippen molar-refractivity contribution in [3.05, 3.63) is 28.3 Å². The average Bonchev–Trinajstić information content (AvgIpc) is 2.39. The van der Waals surface area contributed by atoms with Gasteiger partial charge in [0.1, 0.15) is 0 Å². The van der Waals surface area contributed by atoms with Gasteiger partial charge in [-0.2, -0.15) is 13.2 Å². The maximum Gasteiger partial charge on any atom is 0.421 e. The Morgan fingerprint density at radius 3 is 2.50 bits per heavy atom. The number of hydrogen-bond acceptors (Lipinski definition) is 4. The summed E-state index contributed by atoms with van der Waals surface area (Å²) in [5.41, 5.74) is 2.54. The van der Waals surface area contributed by atoms with E-state index in [4.69, 9.17) is 22.1 Å². The monoisotopic (exact) mass is 339 g/mol. The number of halogens is 4. The fourth-order valence-electron chi connectivity index (χ4n) is 1.80. The van der Waals surface area contributed by atoms with E-state index in [9.17, 15) is 23.1 Å². The highest BCUT2D eigenvalue weighted by molar-refractivity contribution is 6.33. The van der Waals surface area contributed by atoms with Crippen LogP contribution in [0.2, 0.25) is 5.02 Å². The van der Waals surface area contributed by atoms with Crippen molar-refractivity contribution in [2.75, 3.05) is 12.3 Å². The summed E-state index contributed by atoms with van der Waals surface area (Å²) in [5.74, 6) is -0.494. The van der Waals surface area contributed by atoms with Crippen molar-refractivity contribution in [3.8, 4) is 0 Å². The standard InChI is InChI=1S/C14H17ClF3NO3/c1-3-22-11(20)5-4-8-6-9(7-10(15)12(8)19)13(2,21)14(16,17)18/h6-7,21H,3-5,19H2,1-2H3. The van der Waals surface area contributed by atoms with Crippen molar-refractivity contribution >= 4 is 23.3 Å². The Morgan fingerprint density at radius 2 is 2.00 bits per heavy atom. The zero-order chi connectivity index (χ0) is 17.1. The molecule has 3 N–H and O–H groups in total. The van der Waals surface area contributed by atoms with Gasteiger partial charge in [-0.1, -0.05) is 17.7 Å². The molecule has 0 aromatic heterocycles. The third kappa shape index (κ3) is 4.04. The summed E-state index contributed by atoms with van der Waals surface area (Å²) in [6.07, 6.45) is -4.86. The van der Waals surface area contributed by atoms with Gasteiger partial charge in [0, 0.05) is 6.42 Å². The molecular weight excluding hydrogens is 323 g/mol. The van der Waals surface area contributed by atoms with Gasteiger partial charge in [0.2, 0.25) is 0 Å². The molecule has 0 fully saturated rings. The molecule has 0 bridgehead atoms. The molecule has 0 aliphatic carbocycles. The topological polar surface area (TPSA) is 72.5 Å². The van der Waals surface area contributed by atoms with Crippen molar-refractivity contribution in [1.82, 2.24) is 0 Å². The van der Waals surface area contributed by atoms with Crippen molar-refractivity contribution < 1.29 is 27.8 Å². The number of carbonyl (C=O) groups is 1. The fourth-order valence-corrected chi connectivity index (χ4v) is 2.04. The summed E-state index contributed by atoms with van der Waals surface area (Å²) in [4.78, 5) is 11.3. The molecule has 0 aliphatic heterocycles. The van der Waals surface area contributed by atoms with E-state index in [1.807, 2.05) is 0 Å². The largest absolute Gasteiger partial charge is 0.466 e. The number of anilines is 1. The van der Waals surface area contributed by atoms with Crippen LogP contribution in [0.5, 0.6) is 0 Å². The zero-order valence-electron chi connectivity index (χ0n) is 12.1. The van der Waals surface area contributed by atoms with Crippen molar-refractivity contribution in [3.63, 3.8) is 0 Å². The van der Waals surface area contributed by atoms with Crippen LogP contribution < -0.4 is 5.73 Å². The van der Waals surface area contributed by atoms with Crippen LogP contribution in [-0.2, 0) is 21.6 Å². The van der Waals surface area contributed by atoms with E-state index in [1.165, 1.54) is 0 Å². The number of benzene rings is 1. The number of aliphatic hydroxyl groups is 1. The predicted molar refractivity (Wildman–Crippen MR) is 76.4 cm³/mol. The lowest BCUT2D eigenvalue weighted by molar-refractivity contribution is -0.258. The minimum Gasteiger partial charge on any atom is -0.466 e. The first-order valence-corrected chi connectivity index (χ1v) is 6.91. The average molecular weight is 340 g/mol. The molecule has 1 aromatic rings. The van der Waals surface area contributed by atoms with E-state index in [-0.39, 0.29) is 35.7 Å². The molecule has 0 saturated heterocycles. The highest BCUT2D eigenvalue weighted by Gasteiger charge is 2.51. The molecule has 0 radical (unpaired) electrons. The maximum absolute atomic E-state index is 12.9. The van der Waals surface area contributed by atoms with Crippen LogP contribution in [0.1, 0.15) is 31.4 Å². The number of aryl methyl sites for hydroxylation is 1. The summed E-state index contributed by atoms with van der Waals surface area (Å²) in [6, 6.07) is 2.08. The normalized spacial score (nSPS) is 14.5. The van der Waals surface area contributed by atoms with Gasteiger partial charge in [0.25, 0.3) is 0 Å². The molecule has 0 amide bonds. The minimum atomic E-state index is -4.87. The van der Waals surface area contributed by atoms with Gasteiger partial charge < -0.3 is 15.6 Å². The molecule has 1 unspecified atom stereocenters. The quantitative estimate of drug-likeness (QED) is 0.638. The Morgan fingerprint density at radius 1 is 1.41 bits per heavy atom. The first kappa shape index (κ1) is 18.6. The van der Waals surface area contributed by atoms with Crippen LogP contribution >= 0.6 is 11.6 Å². The number of esters is 1. The van der Waals surface area contributed by atoms with Crippen molar-refractivity contribution in [2.24, 2.45) is 0 Å². The lowest BCUT2D eigenvalue weighted by Gasteiger charge is -2.27. The molecule has 0 heterocycles. The van der Waals surface area contributed by atoms with Crippen LogP contribution in [0.4, 0.5) is 18.9 Å². The molecular formula is C14H17ClF3NO3. The maximum atomic E-state index is 12.9. The molecule has 0 aliphatic rings. The Hall–Kier alpha value is -1.47. The van der Waals surface area contributed by atoms with Gasteiger partial charge >= 0.3 is 12.1 Å². The molecule has 22 heavy (non-hydrogen) atoms. The number of nitrogen functional groups attached to an aromatic ring is 1. The molecule has 124 valence electrons. The number of carbonyl (C=O) groups excluding carboxylic acids is 1. The molecule has 8 heteroatoms. The van der Waals surface area contributed by atoms with Crippen LogP contribution in [-0.4, -0.2) is 23.9 Å². The van der Waals surface area contributed by atoms with Crippen LogP contribution in [0.3, 0.4) is 0 Å². The first-order chi connectivity index (χ1) is 10.0. The highest BCUT2D eigenvalue weighted by Crippen LogP contribution is 2.41. The molecule has 4 nitrogen and oxygen atoms in total. The predicted octanol–water partition coefficient (Wildman–Crippen LogP) is 3.19. The third-order valence-electron chi connectivity index (χ3n) is 3.23. The van der Waals surface area contributed by atoms with E-state index in [0.717, 1.165) is 12.1 Å². The third-order valence-corrected chi connectivity index (χ3v) is 3.55. The Balaban J connectivity index is 3.12. The molecule has 0 spiro atoms. The minimum absolute atomic E-state index is 0.0496. The summed E-state index contributed by atoms with van der Waals surface area (Å²) in [6.45, 7) is 2.48. The number of ether oxygens (including phenoxy) is 1. The Kier molecular flexibility index (Phi) is 5.70. The lowest BCUT2D eigenvalue weighted by atomic mass is 9.92. The van der Waals surface area contributed by atoms with Gasteiger partial charge in [0.05, 0.1) is 17.3 Å². The smallest absolute Gasteiger partial charge is 0.421 e. The van der Waals surface area contributed by atoms with Gasteiger partial charge in [-0.05, 0) is 37.5 Å². The molecule has 1 aromatic carbocycles. The molecule has 1 atom stereocenters. The van der Waals surface area contributed by atoms with Gasteiger partial charge in [-0.3, -0.25) is 4.79 Å². The second-order valence-corrected chi connectivity index (χ2v) is 5.31. The summed E-state index contributed by atoms with van der Waals surface area (Å²) >= 11 is 5.83. The number of hydrogen-bond donors (Lipinski definition) is 2. The second-order valence-electron chi connectivity index (χ2n) is 4.91. The lowest BCUT2D eigenvalue weighted by Crippen LogP contribution is -2.39. The Labute approximate surface area is 131 Å². The summed E-state index contributed by atoms with van der Waals surface area (Å²) in [5, 5.41) is 9.60. The second kappa shape index (κ2) is 6.75. The van der Waals surface area contributed by atoms with Gasteiger partial charge in [-0.25, -0.2) is 0 Å². The van der Waals surface area contributed by atoms with Crippen LogP contribution in [0, 0.1) is 0 Å². The first-order valence-electron chi connectivity index (χ1n) is 6.53. The van der Waals surface area contributed by atoms with Crippen LogP contribution in [0.25, 0.3) is 0 Å². The molecule has 0 saturated carbocycles. The zero-order valence-corrected chi connectivity index (χ0v) is 12.9. The SMILES string of the molecule is CCOC(=O)CCc1cc(C(C)(O)C(F)(F)F)cc(Cl)c1N. The van der Waals surface area contributed by atoms with E-state index in [2.05, 4.69) is 0 Å². The van der Waals surface area contributed by atoms with E-state index in [0.29, 0.717) is 6.92 Å². The number of nitrogens with two attached hydrogens (primary N) is 1. The van der Waals surface area contributed by atoms with Crippen molar-refractivity contribution in [1.29, 1.82) is 0 Å². The number of rotatable bonds is 5. The van der Waals surface area contributed by atoms with E-state index >= 15 is 0 Å². The fraction of sp³-hybridized carbons (Fsp3) is 0.500. The van der Waals surface area contributed by atoms with Crippen LogP contribution in [0.15, 0.2) is 12.1 Å². The summed E-state index contributed by atoms with van der Waals surface area (Å²) < 4.78 is 43.4. The van der Waals surface area contributed by atoms with Gasteiger partial charge in [0.15, 0.2) is 5.60 Å². The van der Waals surface area contributed by atoms with E-state index < -0.39 is 23.3 Å². The Bertz CT molecular complexity index is 559. The van der Waals surface area contributed by atoms with E-state index in [1.54, 1.807) is 6.92 Å². The van der Waals surface area contributed by atoms with Gasteiger partial charge in [-0.15, -0.1) is 0 Å².